The van der Waals surface area contributed by atoms with Crippen molar-refractivity contribution in [3.8, 4) is 0 Å². The fourth-order valence-corrected chi connectivity index (χ4v) is 4.68. The van der Waals surface area contributed by atoms with Crippen LogP contribution in [-0.2, 0) is 16.1 Å². The Hall–Kier alpha value is -2.87. The second kappa shape index (κ2) is 9.55. The summed E-state index contributed by atoms with van der Waals surface area (Å²) < 4.78 is 0. The average Bonchev–Trinajstić information content (AvgIpc) is 2.96. The van der Waals surface area contributed by atoms with E-state index in [-0.39, 0.29) is 17.1 Å². The number of hydrogen-bond donors (Lipinski definition) is 1. The van der Waals surface area contributed by atoms with Gasteiger partial charge in [-0.2, -0.15) is 0 Å². The molecule has 1 aromatic heterocycles. The predicted octanol–water partition coefficient (Wildman–Crippen LogP) is 5.69. The van der Waals surface area contributed by atoms with Gasteiger partial charge in [0.25, 0.3) is 11.8 Å². The summed E-state index contributed by atoms with van der Waals surface area (Å²) in [5.41, 5.74) is 3.93. The maximum absolute atomic E-state index is 13.4. The van der Waals surface area contributed by atoms with Gasteiger partial charge in [-0.05, 0) is 74.0 Å². The summed E-state index contributed by atoms with van der Waals surface area (Å²) in [5, 5.41) is 4.68. The van der Waals surface area contributed by atoms with Crippen LogP contribution in [-0.4, -0.2) is 26.7 Å². The van der Waals surface area contributed by atoms with Crippen molar-refractivity contribution in [3.05, 3.63) is 91.7 Å². The Morgan fingerprint density at radius 1 is 0.939 bits per heavy atom. The van der Waals surface area contributed by atoms with Gasteiger partial charge in [0.15, 0.2) is 5.16 Å². The lowest BCUT2D eigenvalue weighted by atomic mass is 10.2. The number of benzene rings is 2. The van der Waals surface area contributed by atoms with Crippen molar-refractivity contribution in [1.82, 2.24) is 14.9 Å². The maximum atomic E-state index is 13.4. The summed E-state index contributed by atoms with van der Waals surface area (Å²) >= 11 is 13.3. The molecular weight excluding hydrogens is 479 g/mol. The van der Waals surface area contributed by atoms with Crippen LogP contribution in [0.2, 0.25) is 10.0 Å². The van der Waals surface area contributed by atoms with Crippen LogP contribution < -0.4 is 5.32 Å². The van der Waals surface area contributed by atoms with E-state index in [0.29, 0.717) is 20.9 Å². The number of rotatable bonds is 6. The molecule has 0 unspecified atom stereocenters. The molecule has 4 rings (SSSR count). The van der Waals surface area contributed by atoms with Crippen LogP contribution in [0.4, 0.5) is 5.69 Å². The number of aryl methyl sites for hydroxylation is 2. The molecule has 2 heterocycles. The largest absolute Gasteiger partial charge is 0.350 e. The number of thioether (sulfide) groups is 1. The van der Waals surface area contributed by atoms with E-state index in [4.69, 9.17) is 23.2 Å². The molecule has 0 saturated carbocycles. The van der Waals surface area contributed by atoms with Gasteiger partial charge in [0.2, 0.25) is 0 Å². The second-order valence-corrected chi connectivity index (χ2v) is 9.42. The maximum Gasteiger partial charge on any atom is 0.278 e. The predicted molar refractivity (Wildman–Crippen MR) is 131 cm³/mol. The van der Waals surface area contributed by atoms with E-state index in [1.807, 2.05) is 32.9 Å². The lowest BCUT2D eigenvalue weighted by molar-refractivity contribution is -0.137. The number of amides is 2. The zero-order valence-electron chi connectivity index (χ0n) is 18.1. The van der Waals surface area contributed by atoms with E-state index in [1.165, 1.54) is 4.90 Å². The zero-order valence-corrected chi connectivity index (χ0v) is 20.5. The molecular formula is C24H20Cl2N4O2S. The van der Waals surface area contributed by atoms with Gasteiger partial charge < -0.3 is 5.32 Å². The summed E-state index contributed by atoms with van der Waals surface area (Å²) in [6, 6.07) is 14.2. The smallest absolute Gasteiger partial charge is 0.278 e. The lowest BCUT2D eigenvalue weighted by Gasteiger charge is -2.16. The Morgan fingerprint density at radius 2 is 1.61 bits per heavy atom. The third-order valence-corrected chi connectivity index (χ3v) is 6.67. The first-order chi connectivity index (χ1) is 15.7. The van der Waals surface area contributed by atoms with Crippen LogP contribution in [0.15, 0.2) is 64.3 Å². The summed E-state index contributed by atoms with van der Waals surface area (Å²) in [7, 11) is 0. The minimum atomic E-state index is -0.429. The standard InChI is InChI=1S/C24H20Cl2N4O2S/c1-13-11-14(2)28-24(27-13)33-21-20(29-19-6-4-5-18(26)15(19)3)22(31)30(23(21)32)12-16-7-9-17(25)10-8-16/h4-11,29H,12H2,1-3H3. The van der Waals surface area contributed by atoms with Gasteiger partial charge in [0.1, 0.15) is 10.6 Å². The quantitative estimate of drug-likeness (QED) is 0.347. The number of anilines is 1. The summed E-state index contributed by atoms with van der Waals surface area (Å²) in [4.78, 5) is 37.1. The molecule has 2 aromatic carbocycles. The van der Waals surface area contributed by atoms with Gasteiger partial charge in [-0.25, -0.2) is 9.97 Å². The van der Waals surface area contributed by atoms with Crippen LogP contribution in [0.25, 0.3) is 0 Å². The fourth-order valence-electron chi connectivity index (χ4n) is 3.38. The van der Waals surface area contributed by atoms with Gasteiger partial charge in [0, 0.05) is 27.1 Å². The molecule has 1 aliphatic rings. The van der Waals surface area contributed by atoms with Crippen LogP contribution in [0, 0.1) is 20.8 Å². The lowest BCUT2D eigenvalue weighted by Crippen LogP contribution is -2.32. The normalized spacial score (nSPS) is 13.8. The SMILES string of the molecule is Cc1cc(C)nc(SC2=C(Nc3cccc(Cl)c3C)C(=O)N(Cc3ccc(Cl)cc3)C2=O)n1. The number of imide groups is 1. The van der Waals surface area contributed by atoms with Gasteiger partial charge in [-0.15, -0.1) is 0 Å². The van der Waals surface area contributed by atoms with Crippen LogP contribution in [0.1, 0.15) is 22.5 Å². The highest BCUT2D eigenvalue weighted by atomic mass is 35.5. The van der Waals surface area contributed by atoms with Crippen molar-refractivity contribution in [2.75, 3.05) is 5.32 Å². The molecule has 0 radical (unpaired) electrons. The molecule has 0 bridgehead atoms. The fraction of sp³-hybridized carbons (Fsp3) is 0.167. The number of nitrogens with zero attached hydrogens (tertiary/aromatic N) is 3. The Labute approximate surface area is 206 Å². The average molecular weight is 499 g/mol. The first-order valence-electron chi connectivity index (χ1n) is 10.1. The molecule has 0 atom stereocenters. The van der Waals surface area contributed by atoms with E-state index in [0.717, 1.165) is 34.3 Å². The minimum absolute atomic E-state index is 0.117. The first-order valence-corrected chi connectivity index (χ1v) is 11.7. The Bertz CT molecular complexity index is 1270. The molecule has 6 nitrogen and oxygen atoms in total. The molecule has 168 valence electrons. The molecule has 0 saturated heterocycles. The van der Waals surface area contributed by atoms with Gasteiger partial charge in [-0.3, -0.25) is 14.5 Å². The van der Waals surface area contributed by atoms with Crippen LogP contribution in [0.3, 0.4) is 0 Å². The van der Waals surface area contributed by atoms with E-state index in [9.17, 15) is 9.59 Å². The highest BCUT2D eigenvalue weighted by molar-refractivity contribution is 8.04. The minimum Gasteiger partial charge on any atom is -0.350 e. The molecule has 0 fully saturated rings. The van der Waals surface area contributed by atoms with Crippen molar-refractivity contribution in [3.63, 3.8) is 0 Å². The van der Waals surface area contributed by atoms with Crippen molar-refractivity contribution in [2.24, 2.45) is 0 Å². The molecule has 3 aromatic rings. The zero-order chi connectivity index (χ0) is 23.7. The Balaban J connectivity index is 1.72. The molecule has 9 heteroatoms. The van der Waals surface area contributed by atoms with E-state index in [2.05, 4.69) is 15.3 Å². The third-order valence-electron chi connectivity index (χ3n) is 5.06. The Morgan fingerprint density at radius 3 is 2.27 bits per heavy atom. The van der Waals surface area contributed by atoms with Crippen LogP contribution in [0.5, 0.6) is 0 Å². The molecule has 1 N–H and O–H groups in total. The summed E-state index contributed by atoms with van der Waals surface area (Å²) in [5.74, 6) is -0.842. The summed E-state index contributed by atoms with van der Waals surface area (Å²) in [6.45, 7) is 5.68. The van der Waals surface area contributed by atoms with Crippen molar-refractivity contribution in [2.45, 2.75) is 32.5 Å². The van der Waals surface area contributed by atoms with E-state index in [1.54, 1.807) is 36.4 Å². The van der Waals surface area contributed by atoms with Crippen LogP contribution >= 0.6 is 35.0 Å². The van der Waals surface area contributed by atoms with Gasteiger partial charge in [0.05, 0.1) is 6.54 Å². The first kappa shape index (κ1) is 23.3. The number of halogens is 2. The highest BCUT2D eigenvalue weighted by Gasteiger charge is 2.40. The second-order valence-electron chi connectivity index (χ2n) is 7.60. The number of carbonyl (C=O) groups is 2. The molecule has 2 amide bonds. The summed E-state index contributed by atoms with van der Waals surface area (Å²) in [6.07, 6.45) is 0. The highest BCUT2D eigenvalue weighted by Crippen LogP contribution is 2.36. The van der Waals surface area contributed by atoms with Gasteiger partial charge in [-0.1, -0.05) is 41.4 Å². The molecule has 0 aliphatic carbocycles. The van der Waals surface area contributed by atoms with Gasteiger partial charge >= 0.3 is 0 Å². The number of carbonyl (C=O) groups excluding carboxylic acids is 2. The van der Waals surface area contributed by atoms with E-state index >= 15 is 0 Å². The molecule has 1 aliphatic heterocycles. The molecule has 0 spiro atoms. The third kappa shape index (κ3) is 5.05. The van der Waals surface area contributed by atoms with Crippen molar-refractivity contribution >= 4 is 52.5 Å². The topological polar surface area (TPSA) is 75.2 Å². The monoisotopic (exact) mass is 498 g/mol. The van der Waals surface area contributed by atoms with Crippen molar-refractivity contribution in [1.29, 1.82) is 0 Å². The number of hydrogen-bond acceptors (Lipinski definition) is 6. The number of nitrogens with one attached hydrogen (secondary N) is 1. The molecule has 33 heavy (non-hydrogen) atoms. The number of aromatic nitrogens is 2. The van der Waals surface area contributed by atoms with E-state index < -0.39 is 11.8 Å². The Kier molecular flexibility index (Phi) is 6.74. The van der Waals surface area contributed by atoms with Crippen molar-refractivity contribution < 1.29 is 9.59 Å².